The van der Waals surface area contributed by atoms with Gasteiger partial charge in [0.2, 0.25) is 0 Å². The molecule has 0 aliphatic rings. The first-order chi connectivity index (χ1) is 5.26. The van der Waals surface area contributed by atoms with Crippen LogP contribution in [0.15, 0.2) is 18.2 Å². The van der Waals surface area contributed by atoms with E-state index in [4.69, 9.17) is 4.74 Å². The molecule has 0 aliphatic carbocycles. The number of hydrogen-bond donors (Lipinski definition) is 0. The summed E-state index contributed by atoms with van der Waals surface area (Å²) in [5, 5.41) is 0. The molecule has 0 aliphatic heterocycles. The highest BCUT2D eigenvalue weighted by Crippen LogP contribution is 2.08. The van der Waals surface area contributed by atoms with E-state index in [9.17, 15) is 4.79 Å². The molecule has 0 unspecified atom stereocenters. The van der Waals surface area contributed by atoms with E-state index in [-0.39, 0.29) is 0 Å². The van der Waals surface area contributed by atoms with E-state index in [0.29, 0.717) is 5.56 Å². The first-order valence-electron chi connectivity index (χ1n) is 3.37. The summed E-state index contributed by atoms with van der Waals surface area (Å²) in [6, 6.07) is 5.41. The second-order valence-electron chi connectivity index (χ2n) is 2.40. The maximum Gasteiger partial charge on any atom is 0.150 e. The van der Waals surface area contributed by atoms with Crippen molar-refractivity contribution >= 4 is 19.6 Å². The molecule has 1 aromatic rings. The summed E-state index contributed by atoms with van der Waals surface area (Å²) >= 11 is 0. The predicted octanol–water partition coefficient (Wildman–Crippen LogP) is -0.234. The number of rotatable bonds is 2. The fraction of sp³-hybridized carbons (Fsp3) is 0.125. The highest BCUT2D eigenvalue weighted by atomic mass is 16.5. The highest BCUT2D eigenvalue weighted by Gasteiger charge is 1.95. The van der Waals surface area contributed by atoms with Crippen LogP contribution in [0.4, 0.5) is 0 Å². The molecule has 56 valence electrons. The lowest BCUT2D eigenvalue weighted by molar-refractivity contribution is 0.112. The van der Waals surface area contributed by atoms with Crippen LogP contribution in [0.5, 0.6) is 5.75 Å². The number of aldehydes is 1. The molecular formula is C8H9BO2. The van der Waals surface area contributed by atoms with Gasteiger partial charge in [-0.1, -0.05) is 11.5 Å². The predicted molar refractivity (Wildman–Crippen MR) is 46.6 cm³/mol. The molecule has 0 aromatic heterocycles. The van der Waals surface area contributed by atoms with Gasteiger partial charge in [0.25, 0.3) is 0 Å². The Hall–Kier alpha value is -1.25. The van der Waals surface area contributed by atoms with E-state index in [1.807, 2.05) is 20.0 Å². The van der Waals surface area contributed by atoms with Crippen molar-refractivity contribution in [1.82, 2.24) is 0 Å². The van der Waals surface area contributed by atoms with Crippen molar-refractivity contribution in [3.63, 3.8) is 0 Å². The second kappa shape index (κ2) is 3.24. The van der Waals surface area contributed by atoms with E-state index in [1.165, 1.54) is 0 Å². The summed E-state index contributed by atoms with van der Waals surface area (Å²) < 4.78 is 4.98. The van der Waals surface area contributed by atoms with E-state index < -0.39 is 0 Å². The number of hydrogen-bond acceptors (Lipinski definition) is 2. The van der Waals surface area contributed by atoms with Crippen LogP contribution in [0.1, 0.15) is 10.4 Å². The molecule has 0 radical (unpaired) electrons. The average Bonchev–Trinajstić information content (AvgIpc) is 2.03. The number of benzene rings is 1. The summed E-state index contributed by atoms with van der Waals surface area (Å²) in [5.41, 5.74) is 1.69. The van der Waals surface area contributed by atoms with Crippen LogP contribution in [0.3, 0.4) is 0 Å². The summed E-state index contributed by atoms with van der Waals surface area (Å²) in [7, 11) is 3.51. The Labute approximate surface area is 66.6 Å². The molecule has 0 atom stereocenters. The van der Waals surface area contributed by atoms with Crippen molar-refractivity contribution in [2.45, 2.75) is 0 Å². The molecule has 0 fully saturated rings. The van der Waals surface area contributed by atoms with Crippen LogP contribution < -0.4 is 10.2 Å². The van der Waals surface area contributed by atoms with Crippen molar-refractivity contribution in [1.29, 1.82) is 0 Å². The SMILES string of the molecule is Bc1cc(C=O)cc(OC)c1. The van der Waals surface area contributed by atoms with Crippen LogP contribution in [-0.4, -0.2) is 21.2 Å². The van der Waals surface area contributed by atoms with Gasteiger partial charge in [0, 0.05) is 5.56 Å². The van der Waals surface area contributed by atoms with Gasteiger partial charge in [0.15, 0.2) is 0 Å². The lowest BCUT2D eigenvalue weighted by atomic mass is 9.94. The van der Waals surface area contributed by atoms with Crippen molar-refractivity contribution in [3.05, 3.63) is 23.8 Å². The van der Waals surface area contributed by atoms with Gasteiger partial charge < -0.3 is 4.74 Å². The van der Waals surface area contributed by atoms with E-state index in [0.717, 1.165) is 17.5 Å². The molecule has 2 nitrogen and oxygen atoms in total. The standard InChI is InChI=1S/C8H9BO2/c1-11-8-3-6(5-10)2-7(9)4-8/h2-5H,9H2,1H3. The largest absolute Gasteiger partial charge is 0.497 e. The lowest BCUT2D eigenvalue weighted by Gasteiger charge is -2.01. The van der Waals surface area contributed by atoms with E-state index in [1.54, 1.807) is 13.2 Å². The second-order valence-corrected chi connectivity index (χ2v) is 2.40. The molecule has 0 saturated heterocycles. The quantitative estimate of drug-likeness (QED) is 0.427. The summed E-state index contributed by atoms with van der Waals surface area (Å²) in [6.07, 6.45) is 0.815. The van der Waals surface area contributed by atoms with Crippen LogP contribution in [0.25, 0.3) is 0 Å². The zero-order chi connectivity index (χ0) is 8.27. The molecule has 1 aromatic carbocycles. The lowest BCUT2D eigenvalue weighted by Crippen LogP contribution is -2.03. The Kier molecular flexibility index (Phi) is 2.31. The Morgan fingerprint density at radius 2 is 2.18 bits per heavy atom. The van der Waals surface area contributed by atoms with Crippen molar-refractivity contribution in [3.8, 4) is 5.75 Å². The monoisotopic (exact) mass is 148 g/mol. The maximum atomic E-state index is 10.4. The zero-order valence-electron chi connectivity index (χ0n) is 6.63. The van der Waals surface area contributed by atoms with Crippen molar-refractivity contribution in [2.75, 3.05) is 7.11 Å². The van der Waals surface area contributed by atoms with Gasteiger partial charge in [-0.25, -0.2) is 0 Å². The van der Waals surface area contributed by atoms with Gasteiger partial charge in [-0.2, -0.15) is 0 Å². The third kappa shape index (κ3) is 1.83. The van der Waals surface area contributed by atoms with Gasteiger partial charge in [-0.3, -0.25) is 4.79 Å². The minimum atomic E-state index is 0.654. The Balaban J connectivity index is 3.11. The van der Waals surface area contributed by atoms with Crippen LogP contribution >= 0.6 is 0 Å². The third-order valence-corrected chi connectivity index (χ3v) is 1.44. The highest BCUT2D eigenvalue weighted by molar-refractivity contribution is 6.32. The van der Waals surface area contributed by atoms with E-state index in [2.05, 4.69) is 0 Å². The minimum absolute atomic E-state index is 0.654. The first kappa shape index (κ1) is 7.86. The van der Waals surface area contributed by atoms with Crippen LogP contribution in [0.2, 0.25) is 0 Å². The van der Waals surface area contributed by atoms with Gasteiger partial charge in [0.05, 0.1) is 7.11 Å². The number of ether oxygens (including phenoxy) is 1. The Bertz CT molecular complexity index is 271. The number of methoxy groups -OCH3 is 1. The molecule has 0 N–H and O–H groups in total. The molecular weight excluding hydrogens is 139 g/mol. The number of carbonyl (C=O) groups excluding carboxylic acids is 1. The van der Waals surface area contributed by atoms with E-state index >= 15 is 0 Å². The fourth-order valence-corrected chi connectivity index (χ4v) is 0.962. The summed E-state index contributed by atoms with van der Waals surface area (Å²) in [6.45, 7) is 0. The Morgan fingerprint density at radius 3 is 2.73 bits per heavy atom. The van der Waals surface area contributed by atoms with Gasteiger partial charge in [-0.05, 0) is 12.1 Å². The Morgan fingerprint density at radius 1 is 1.45 bits per heavy atom. The van der Waals surface area contributed by atoms with Crippen LogP contribution in [-0.2, 0) is 0 Å². The van der Waals surface area contributed by atoms with Gasteiger partial charge in [0.1, 0.15) is 19.9 Å². The fourth-order valence-electron chi connectivity index (χ4n) is 0.962. The van der Waals surface area contributed by atoms with Gasteiger partial charge >= 0.3 is 0 Å². The molecule has 0 amide bonds. The third-order valence-electron chi connectivity index (χ3n) is 1.44. The molecule has 0 bridgehead atoms. The van der Waals surface area contributed by atoms with Crippen molar-refractivity contribution in [2.24, 2.45) is 0 Å². The maximum absolute atomic E-state index is 10.4. The first-order valence-corrected chi connectivity index (χ1v) is 3.37. The zero-order valence-corrected chi connectivity index (χ0v) is 6.63. The average molecular weight is 148 g/mol. The van der Waals surface area contributed by atoms with Gasteiger partial charge in [-0.15, -0.1) is 0 Å². The molecule has 11 heavy (non-hydrogen) atoms. The molecule has 3 heteroatoms. The molecule has 0 heterocycles. The van der Waals surface area contributed by atoms with Crippen LogP contribution in [0, 0.1) is 0 Å². The number of carbonyl (C=O) groups is 1. The topological polar surface area (TPSA) is 26.3 Å². The molecule has 0 saturated carbocycles. The molecule has 0 spiro atoms. The summed E-state index contributed by atoms with van der Waals surface area (Å²) in [4.78, 5) is 10.4. The normalized spacial score (nSPS) is 9.18. The smallest absolute Gasteiger partial charge is 0.150 e. The van der Waals surface area contributed by atoms with Crippen molar-refractivity contribution < 1.29 is 9.53 Å². The minimum Gasteiger partial charge on any atom is -0.497 e. The molecule has 1 rings (SSSR count). The summed E-state index contributed by atoms with van der Waals surface area (Å²) in [5.74, 6) is 0.729.